The molecule has 26 heavy (non-hydrogen) atoms. The molecule has 4 rings (SSSR count). The van der Waals surface area contributed by atoms with E-state index >= 15 is 0 Å². The Morgan fingerprint density at radius 2 is 1.62 bits per heavy atom. The number of fused-ring (bicyclic) bond motifs is 1. The molecule has 0 radical (unpaired) electrons. The summed E-state index contributed by atoms with van der Waals surface area (Å²) in [4.78, 5) is 11.0. The van der Waals surface area contributed by atoms with Crippen molar-refractivity contribution in [2.24, 2.45) is 0 Å². The van der Waals surface area contributed by atoms with Crippen LogP contribution in [0.3, 0.4) is 0 Å². The lowest BCUT2D eigenvalue weighted by atomic mass is 10.0. The molecule has 128 valence electrons. The predicted octanol–water partition coefficient (Wildman–Crippen LogP) is 5.92. The third-order valence-electron chi connectivity index (χ3n) is 4.47. The van der Waals surface area contributed by atoms with Crippen LogP contribution < -0.4 is 0 Å². The number of hydrogen-bond donors (Lipinski definition) is 0. The number of benzene rings is 3. The molecule has 0 fully saturated rings. The fraction of sp³-hybridized carbons (Fsp3) is 0.0476. The van der Waals surface area contributed by atoms with Gasteiger partial charge in [0.05, 0.1) is 15.5 Å². The highest BCUT2D eigenvalue weighted by molar-refractivity contribution is 6.38. The Labute approximate surface area is 155 Å². The highest BCUT2D eigenvalue weighted by Gasteiger charge is 2.18. The van der Waals surface area contributed by atoms with Gasteiger partial charge in [0, 0.05) is 35.3 Å². The Balaban J connectivity index is 1.81. The average molecular weight is 363 g/mol. The van der Waals surface area contributed by atoms with Gasteiger partial charge in [-0.15, -0.1) is 0 Å². The maximum atomic E-state index is 11.3. The summed E-state index contributed by atoms with van der Waals surface area (Å²) in [6.07, 6.45) is 1.99. The molecule has 4 aromatic rings. The zero-order valence-electron chi connectivity index (χ0n) is 13.8. The van der Waals surface area contributed by atoms with Gasteiger partial charge in [-0.25, -0.2) is 0 Å². The normalized spacial score (nSPS) is 11.0. The SMILES string of the molecule is O=[N+]([O-])c1ccccc1-c1ccc2c(ccn2Cc2ccccc2)c1Cl. The molecule has 0 aliphatic heterocycles. The number of halogens is 1. The number of nitro benzene ring substituents is 1. The summed E-state index contributed by atoms with van der Waals surface area (Å²) in [6.45, 7) is 0.742. The van der Waals surface area contributed by atoms with E-state index in [1.165, 1.54) is 11.6 Å². The fourth-order valence-corrected chi connectivity index (χ4v) is 3.55. The van der Waals surface area contributed by atoms with Crippen LogP contribution in [0.25, 0.3) is 22.0 Å². The Morgan fingerprint density at radius 3 is 2.38 bits per heavy atom. The van der Waals surface area contributed by atoms with Crippen LogP contribution >= 0.6 is 11.6 Å². The monoisotopic (exact) mass is 362 g/mol. The van der Waals surface area contributed by atoms with E-state index < -0.39 is 0 Å². The molecule has 5 heteroatoms. The molecular weight excluding hydrogens is 348 g/mol. The van der Waals surface area contributed by atoms with Gasteiger partial charge in [0.25, 0.3) is 5.69 Å². The van der Waals surface area contributed by atoms with Crippen LogP contribution in [-0.2, 0) is 6.54 Å². The summed E-state index contributed by atoms with van der Waals surface area (Å²) in [5, 5.41) is 12.8. The predicted molar refractivity (Wildman–Crippen MR) is 105 cm³/mol. The van der Waals surface area contributed by atoms with Crippen molar-refractivity contribution in [1.82, 2.24) is 4.57 Å². The first-order chi connectivity index (χ1) is 12.6. The molecule has 0 N–H and O–H groups in total. The van der Waals surface area contributed by atoms with E-state index in [-0.39, 0.29) is 10.6 Å². The lowest BCUT2D eigenvalue weighted by Gasteiger charge is -2.09. The van der Waals surface area contributed by atoms with Crippen molar-refractivity contribution in [2.45, 2.75) is 6.54 Å². The standard InChI is InChI=1S/C21H15ClN2O2/c22-21-17(16-8-4-5-9-20(16)24(25)26)10-11-19-18(21)12-13-23(19)14-15-6-2-1-3-7-15/h1-13H,14H2. The summed E-state index contributed by atoms with van der Waals surface area (Å²) in [6, 6.07) is 22.6. The molecule has 0 atom stereocenters. The minimum Gasteiger partial charge on any atom is -0.343 e. The van der Waals surface area contributed by atoms with Gasteiger partial charge in [-0.2, -0.15) is 0 Å². The quantitative estimate of drug-likeness (QED) is 0.334. The number of aromatic nitrogens is 1. The van der Waals surface area contributed by atoms with E-state index in [1.807, 2.05) is 42.6 Å². The van der Waals surface area contributed by atoms with E-state index in [0.29, 0.717) is 16.1 Å². The minimum atomic E-state index is -0.379. The van der Waals surface area contributed by atoms with Gasteiger partial charge in [-0.1, -0.05) is 60.1 Å². The molecule has 0 saturated carbocycles. The van der Waals surface area contributed by atoms with E-state index in [0.717, 1.165) is 17.4 Å². The lowest BCUT2D eigenvalue weighted by molar-refractivity contribution is -0.384. The molecule has 0 bridgehead atoms. The smallest absolute Gasteiger partial charge is 0.277 e. The van der Waals surface area contributed by atoms with Crippen LogP contribution in [0.1, 0.15) is 5.56 Å². The zero-order chi connectivity index (χ0) is 18.1. The molecule has 3 aromatic carbocycles. The Kier molecular flexibility index (Phi) is 4.19. The highest BCUT2D eigenvalue weighted by Crippen LogP contribution is 2.38. The van der Waals surface area contributed by atoms with Crippen molar-refractivity contribution >= 4 is 28.2 Å². The third kappa shape index (κ3) is 2.85. The number of rotatable bonds is 4. The maximum absolute atomic E-state index is 11.3. The molecule has 0 aliphatic rings. The van der Waals surface area contributed by atoms with Crippen molar-refractivity contribution in [2.75, 3.05) is 0 Å². The molecule has 4 nitrogen and oxygen atoms in total. The van der Waals surface area contributed by atoms with Crippen LogP contribution in [0.15, 0.2) is 79.0 Å². The zero-order valence-corrected chi connectivity index (χ0v) is 14.6. The average Bonchev–Trinajstić information content (AvgIpc) is 3.07. The first-order valence-corrected chi connectivity index (χ1v) is 8.58. The van der Waals surface area contributed by atoms with Crippen LogP contribution in [-0.4, -0.2) is 9.49 Å². The Hall–Kier alpha value is -3.11. The van der Waals surface area contributed by atoms with Crippen molar-refractivity contribution in [1.29, 1.82) is 0 Å². The third-order valence-corrected chi connectivity index (χ3v) is 4.88. The van der Waals surface area contributed by atoms with Gasteiger partial charge in [-0.3, -0.25) is 10.1 Å². The summed E-state index contributed by atoms with van der Waals surface area (Å²) in [7, 11) is 0. The number of hydrogen-bond acceptors (Lipinski definition) is 2. The van der Waals surface area contributed by atoms with Crippen molar-refractivity contribution in [3.05, 3.63) is 99.7 Å². The van der Waals surface area contributed by atoms with Gasteiger partial charge in [0.1, 0.15) is 0 Å². The van der Waals surface area contributed by atoms with Crippen LogP contribution in [0.4, 0.5) is 5.69 Å². The molecule has 0 aliphatic carbocycles. The molecule has 1 aromatic heterocycles. The first kappa shape index (κ1) is 16.4. The summed E-state index contributed by atoms with van der Waals surface area (Å²) in [5.41, 5.74) is 3.45. The molecular formula is C21H15ClN2O2. The van der Waals surface area contributed by atoms with Crippen molar-refractivity contribution in [3.63, 3.8) is 0 Å². The molecule has 0 saturated heterocycles. The second-order valence-corrected chi connectivity index (χ2v) is 6.44. The van der Waals surface area contributed by atoms with E-state index in [9.17, 15) is 10.1 Å². The van der Waals surface area contributed by atoms with E-state index in [2.05, 4.69) is 16.7 Å². The minimum absolute atomic E-state index is 0.0532. The van der Waals surface area contributed by atoms with Crippen LogP contribution in [0.2, 0.25) is 5.02 Å². The number of nitro groups is 1. The highest BCUT2D eigenvalue weighted by atomic mass is 35.5. The number of nitrogens with zero attached hydrogens (tertiary/aromatic N) is 2. The second-order valence-electron chi connectivity index (χ2n) is 6.06. The molecule has 0 spiro atoms. The lowest BCUT2D eigenvalue weighted by Crippen LogP contribution is -1.97. The largest absolute Gasteiger partial charge is 0.343 e. The van der Waals surface area contributed by atoms with E-state index in [4.69, 9.17) is 11.6 Å². The Bertz CT molecular complexity index is 1100. The number of para-hydroxylation sites is 1. The summed E-state index contributed by atoms with van der Waals surface area (Å²) >= 11 is 6.63. The summed E-state index contributed by atoms with van der Waals surface area (Å²) in [5.74, 6) is 0. The van der Waals surface area contributed by atoms with Gasteiger partial charge >= 0.3 is 0 Å². The van der Waals surface area contributed by atoms with Gasteiger partial charge in [0.15, 0.2) is 0 Å². The molecule has 1 heterocycles. The molecule has 0 amide bonds. The fourth-order valence-electron chi connectivity index (χ4n) is 3.22. The van der Waals surface area contributed by atoms with Gasteiger partial charge < -0.3 is 4.57 Å². The molecule has 0 unspecified atom stereocenters. The maximum Gasteiger partial charge on any atom is 0.277 e. The topological polar surface area (TPSA) is 48.1 Å². The van der Waals surface area contributed by atoms with Gasteiger partial charge in [0.2, 0.25) is 0 Å². The first-order valence-electron chi connectivity index (χ1n) is 8.20. The van der Waals surface area contributed by atoms with Crippen LogP contribution in [0.5, 0.6) is 0 Å². The second kappa shape index (κ2) is 6.65. The van der Waals surface area contributed by atoms with Crippen LogP contribution in [0, 0.1) is 10.1 Å². The Morgan fingerprint density at radius 1 is 0.885 bits per heavy atom. The van der Waals surface area contributed by atoms with E-state index in [1.54, 1.807) is 18.2 Å². The van der Waals surface area contributed by atoms with Crippen molar-refractivity contribution in [3.8, 4) is 11.1 Å². The summed E-state index contributed by atoms with van der Waals surface area (Å²) < 4.78 is 2.12. The van der Waals surface area contributed by atoms with Gasteiger partial charge in [-0.05, 0) is 23.8 Å². The van der Waals surface area contributed by atoms with Crippen molar-refractivity contribution < 1.29 is 4.92 Å².